The van der Waals surface area contributed by atoms with Crippen LogP contribution in [0.3, 0.4) is 0 Å². The Morgan fingerprint density at radius 3 is 2.43 bits per heavy atom. The van der Waals surface area contributed by atoms with E-state index >= 15 is 0 Å². The van der Waals surface area contributed by atoms with Crippen LogP contribution in [0.5, 0.6) is 0 Å². The van der Waals surface area contributed by atoms with Crippen LogP contribution in [0.4, 0.5) is 5.69 Å². The number of Topliss-reactive ketones (excluding diaryl/α,β-unsaturated/α-hetero) is 2. The number of amides is 1. The minimum absolute atomic E-state index is 0.0900. The summed E-state index contributed by atoms with van der Waals surface area (Å²) >= 11 is 0. The number of nitrogens with zero attached hydrogens (tertiary/aromatic N) is 4. The Hall–Kier alpha value is -4.43. The number of guanidine groups is 1. The summed E-state index contributed by atoms with van der Waals surface area (Å²) in [6.45, 7) is 1.90. The second-order valence-electron chi connectivity index (χ2n) is 13.1. The summed E-state index contributed by atoms with van der Waals surface area (Å²) in [7, 11) is -3.98. The summed E-state index contributed by atoms with van der Waals surface area (Å²) in [6, 6.07) is 13.7. The maximum atomic E-state index is 13.7. The lowest BCUT2D eigenvalue weighted by molar-refractivity contribution is -0.145. The summed E-state index contributed by atoms with van der Waals surface area (Å²) in [5, 5.41) is 15.8. The van der Waals surface area contributed by atoms with Crippen molar-refractivity contribution in [3.63, 3.8) is 0 Å². The number of sulfonamides is 1. The number of amidine groups is 1. The monoisotopic (exact) mass is 690 g/mol. The molecule has 7 rings (SSSR count). The fraction of sp³-hybridized carbons (Fsp3) is 0.486. The molecule has 4 aliphatic heterocycles. The van der Waals surface area contributed by atoms with Crippen molar-refractivity contribution in [2.45, 2.75) is 74.8 Å². The van der Waals surface area contributed by atoms with E-state index in [1.807, 2.05) is 6.07 Å². The van der Waals surface area contributed by atoms with E-state index in [-0.39, 0.29) is 42.0 Å². The number of aliphatic carboxylic acids is 1. The summed E-state index contributed by atoms with van der Waals surface area (Å²) in [6.07, 6.45) is 3.97. The summed E-state index contributed by atoms with van der Waals surface area (Å²) in [4.78, 5) is 62.8. The average molecular weight is 691 g/mol. The summed E-state index contributed by atoms with van der Waals surface area (Å²) < 4.78 is 28.7. The van der Waals surface area contributed by atoms with Gasteiger partial charge in [0.1, 0.15) is 5.84 Å². The highest BCUT2D eigenvalue weighted by molar-refractivity contribution is 7.89. The maximum Gasteiger partial charge on any atom is 0.308 e. The minimum atomic E-state index is -3.98. The van der Waals surface area contributed by atoms with E-state index in [0.717, 1.165) is 31.8 Å². The first-order valence-electron chi connectivity index (χ1n) is 17.0. The fourth-order valence-electron chi connectivity index (χ4n) is 7.33. The number of carbonyl (C=O) groups is 4. The van der Waals surface area contributed by atoms with Crippen LogP contribution in [0.15, 0.2) is 69.5 Å². The van der Waals surface area contributed by atoms with Crippen LogP contribution >= 0.6 is 0 Å². The molecule has 0 spiro atoms. The van der Waals surface area contributed by atoms with Gasteiger partial charge in [0.05, 0.1) is 23.4 Å². The molecule has 5 aliphatic rings. The zero-order valence-electron chi connectivity index (χ0n) is 27.3. The van der Waals surface area contributed by atoms with Crippen LogP contribution in [-0.4, -0.2) is 96.2 Å². The van der Waals surface area contributed by atoms with E-state index in [1.165, 1.54) is 16.4 Å². The molecule has 1 aliphatic carbocycles. The SMILES string of the molecule is O=C(CCC(=O)c1cccc(NC2=NCCN2C2=NCCC2)c1)NC[C@H](CC(=O)[C@H]1C2CCC(CC2)N1S(=O)(=O)c1ccccc1)C(=O)O. The smallest absolute Gasteiger partial charge is 0.308 e. The highest BCUT2D eigenvalue weighted by atomic mass is 32.2. The Labute approximate surface area is 285 Å². The average Bonchev–Trinajstić information content (AvgIpc) is 3.82. The number of rotatable bonds is 13. The van der Waals surface area contributed by atoms with Gasteiger partial charge in [-0.15, -0.1) is 0 Å². The number of benzene rings is 2. The number of carbonyl (C=O) groups excluding carboxylic acids is 3. The number of nitrogens with one attached hydrogen (secondary N) is 2. The van der Waals surface area contributed by atoms with Gasteiger partial charge in [-0.2, -0.15) is 4.31 Å². The van der Waals surface area contributed by atoms with E-state index in [2.05, 4.69) is 25.5 Å². The molecule has 49 heavy (non-hydrogen) atoms. The van der Waals surface area contributed by atoms with Gasteiger partial charge in [-0.3, -0.25) is 34.1 Å². The normalized spacial score (nSPS) is 22.7. The van der Waals surface area contributed by atoms with Crippen molar-refractivity contribution in [2.24, 2.45) is 21.8 Å². The highest BCUT2D eigenvalue weighted by Crippen LogP contribution is 2.43. The largest absolute Gasteiger partial charge is 0.481 e. The topological polar surface area (TPSA) is 178 Å². The molecule has 14 heteroatoms. The van der Waals surface area contributed by atoms with Gasteiger partial charge in [-0.1, -0.05) is 30.3 Å². The molecule has 1 amide bonds. The second kappa shape index (κ2) is 15.0. The Balaban J connectivity index is 1.02. The summed E-state index contributed by atoms with van der Waals surface area (Å²) in [5.74, 6) is -2.22. The van der Waals surface area contributed by atoms with E-state index in [0.29, 0.717) is 49.4 Å². The molecule has 0 aromatic heterocycles. The number of carboxylic acids is 1. The van der Waals surface area contributed by atoms with Gasteiger partial charge in [-0.05, 0) is 62.3 Å². The Morgan fingerprint density at radius 1 is 0.939 bits per heavy atom. The van der Waals surface area contributed by atoms with Crippen LogP contribution in [0.1, 0.15) is 68.1 Å². The third-order valence-electron chi connectivity index (χ3n) is 9.84. The van der Waals surface area contributed by atoms with Crippen LogP contribution in [0.25, 0.3) is 0 Å². The number of hydrogen-bond acceptors (Lipinski definition) is 10. The minimum Gasteiger partial charge on any atom is -0.481 e. The van der Waals surface area contributed by atoms with Crippen molar-refractivity contribution < 1.29 is 32.7 Å². The van der Waals surface area contributed by atoms with Crippen molar-refractivity contribution >= 4 is 50.9 Å². The first kappa shape index (κ1) is 34.4. The molecular formula is C35H42N6O7S. The lowest BCUT2D eigenvalue weighted by Crippen LogP contribution is -2.60. The first-order valence-corrected chi connectivity index (χ1v) is 18.4. The van der Waals surface area contributed by atoms with Crippen molar-refractivity contribution in [2.75, 3.05) is 31.5 Å². The Kier molecular flexibility index (Phi) is 10.5. The second-order valence-corrected chi connectivity index (χ2v) is 14.9. The molecule has 2 bridgehead atoms. The van der Waals surface area contributed by atoms with E-state index in [1.54, 1.807) is 36.4 Å². The van der Waals surface area contributed by atoms with Gasteiger partial charge in [0.25, 0.3) is 0 Å². The third-order valence-corrected chi connectivity index (χ3v) is 11.8. The van der Waals surface area contributed by atoms with Gasteiger partial charge < -0.3 is 15.7 Å². The van der Waals surface area contributed by atoms with Gasteiger partial charge in [0, 0.05) is 62.6 Å². The zero-order chi connectivity index (χ0) is 34.5. The number of fused-ring (bicyclic) bond motifs is 3. The van der Waals surface area contributed by atoms with E-state index < -0.39 is 46.1 Å². The highest BCUT2D eigenvalue weighted by Gasteiger charge is 2.51. The van der Waals surface area contributed by atoms with Crippen molar-refractivity contribution in [3.8, 4) is 0 Å². The molecule has 3 N–H and O–H groups in total. The number of ketones is 2. The zero-order valence-corrected chi connectivity index (χ0v) is 28.1. The molecule has 0 unspecified atom stereocenters. The van der Waals surface area contributed by atoms with E-state index in [4.69, 9.17) is 0 Å². The van der Waals surface area contributed by atoms with E-state index in [9.17, 15) is 32.7 Å². The predicted molar refractivity (Wildman–Crippen MR) is 183 cm³/mol. The fourth-order valence-corrected chi connectivity index (χ4v) is 9.26. The van der Waals surface area contributed by atoms with Crippen LogP contribution in [-0.2, 0) is 24.4 Å². The molecule has 3 fully saturated rings. The molecule has 2 aromatic rings. The third kappa shape index (κ3) is 7.75. The number of anilines is 1. The lowest BCUT2D eigenvalue weighted by Gasteiger charge is -2.49. The molecule has 260 valence electrons. The van der Waals surface area contributed by atoms with Gasteiger partial charge in [0.15, 0.2) is 11.6 Å². The number of aliphatic imine (C=N–C) groups is 2. The van der Waals surface area contributed by atoms with Gasteiger partial charge >= 0.3 is 5.97 Å². The maximum absolute atomic E-state index is 13.7. The van der Waals surface area contributed by atoms with Gasteiger partial charge in [-0.25, -0.2) is 8.42 Å². The molecule has 0 radical (unpaired) electrons. The van der Waals surface area contributed by atoms with Crippen molar-refractivity contribution in [1.29, 1.82) is 0 Å². The molecular weight excluding hydrogens is 648 g/mol. The van der Waals surface area contributed by atoms with Gasteiger partial charge in [0.2, 0.25) is 21.9 Å². The number of carboxylic acid groups (broad SMARTS) is 1. The van der Waals surface area contributed by atoms with Crippen LogP contribution in [0, 0.1) is 11.8 Å². The molecule has 2 saturated heterocycles. The Bertz CT molecular complexity index is 1750. The molecule has 13 nitrogen and oxygen atoms in total. The van der Waals surface area contributed by atoms with Crippen molar-refractivity contribution in [3.05, 3.63) is 60.2 Å². The van der Waals surface area contributed by atoms with Crippen LogP contribution < -0.4 is 10.6 Å². The number of hydrogen-bond donors (Lipinski definition) is 3. The standard InChI is InChI=1S/C35H42N6O7S/c42-29(24-6-4-7-26(20-24)39-35-37-18-19-40(35)31-10-5-17-36-31)15-16-32(44)38-22-25(34(45)46)21-30(43)33-23-11-13-27(14-12-23)41(33)49(47,48)28-8-2-1-3-9-28/h1-4,6-9,20,23,25,27,33H,5,10-19,21-22H2,(H,37,39)(H,38,44)(H,45,46)/t23?,25-,27?,33+/m0/s1. The molecule has 4 heterocycles. The lowest BCUT2D eigenvalue weighted by atomic mass is 9.74. The Morgan fingerprint density at radius 2 is 1.71 bits per heavy atom. The first-order chi connectivity index (χ1) is 23.6. The predicted octanol–water partition coefficient (Wildman–Crippen LogP) is 3.33. The van der Waals surface area contributed by atoms with Crippen molar-refractivity contribution in [1.82, 2.24) is 14.5 Å². The molecule has 2 aromatic carbocycles. The number of piperidine rings is 2. The molecule has 2 atom stereocenters. The molecule has 1 saturated carbocycles. The summed E-state index contributed by atoms with van der Waals surface area (Å²) in [5.41, 5.74) is 1.11. The van der Waals surface area contributed by atoms with Crippen LogP contribution in [0.2, 0.25) is 0 Å². The quantitative estimate of drug-likeness (QED) is 0.266.